The van der Waals surface area contributed by atoms with Gasteiger partial charge in [-0.25, -0.2) is 4.79 Å². The van der Waals surface area contributed by atoms with E-state index >= 15 is 8.78 Å². The normalized spacial score (nSPS) is 20.3. The maximum atomic E-state index is 15.1. The molecule has 1 atom stereocenters. The first kappa shape index (κ1) is 21.0. The average Bonchev–Trinajstić information content (AvgIpc) is 3.49. The van der Waals surface area contributed by atoms with E-state index in [1.165, 1.54) is 25.1 Å². The molecular formula is C24H25F2NO5. The van der Waals surface area contributed by atoms with Crippen molar-refractivity contribution in [3.05, 3.63) is 45.2 Å². The third kappa shape index (κ3) is 3.36. The van der Waals surface area contributed by atoms with E-state index < -0.39 is 23.9 Å². The zero-order valence-electron chi connectivity index (χ0n) is 18.0. The number of fused-ring (bicyclic) bond motifs is 5. The highest BCUT2D eigenvalue weighted by atomic mass is 19.3. The fourth-order valence-corrected chi connectivity index (χ4v) is 4.79. The SMILES string of the molecule is CC(C)C1Cc2cc(OCCC3CC3)c3c(c2-c2cc(=O)c(C(=O)O)cn21)C(F)(F)CO3. The van der Waals surface area contributed by atoms with Crippen molar-refractivity contribution in [3.8, 4) is 22.8 Å². The van der Waals surface area contributed by atoms with Crippen LogP contribution in [0.2, 0.25) is 0 Å². The van der Waals surface area contributed by atoms with Crippen molar-refractivity contribution in [1.29, 1.82) is 0 Å². The van der Waals surface area contributed by atoms with E-state index in [9.17, 15) is 14.7 Å². The number of aromatic carboxylic acids is 1. The van der Waals surface area contributed by atoms with E-state index in [4.69, 9.17) is 9.47 Å². The summed E-state index contributed by atoms with van der Waals surface area (Å²) in [6.07, 6.45) is 4.95. The molecule has 1 aromatic carbocycles. The van der Waals surface area contributed by atoms with Crippen LogP contribution in [-0.4, -0.2) is 28.9 Å². The first-order valence-electron chi connectivity index (χ1n) is 11.0. The van der Waals surface area contributed by atoms with Crippen LogP contribution in [-0.2, 0) is 12.3 Å². The predicted octanol–water partition coefficient (Wildman–Crippen LogP) is 4.63. The number of hydrogen-bond donors (Lipinski definition) is 1. The molecule has 1 N–H and O–H groups in total. The molecule has 1 fully saturated rings. The van der Waals surface area contributed by atoms with Crippen molar-refractivity contribution in [2.45, 2.75) is 51.5 Å². The van der Waals surface area contributed by atoms with Gasteiger partial charge in [-0.3, -0.25) is 4.79 Å². The van der Waals surface area contributed by atoms with Crippen LogP contribution in [0.5, 0.6) is 11.5 Å². The molecule has 1 unspecified atom stereocenters. The Morgan fingerprint density at radius 1 is 1.34 bits per heavy atom. The number of carbonyl (C=O) groups is 1. The number of alkyl halides is 2. The Kier molecular flexibility index (Phi) is 4.80. The summed E-state index contributed by atoms with van der Waals surface area (Å²) in [6, 6.07) is 2.74. The molecule has 170 valence electrons. The van der Waals surface area contributed by atoms with Gasteiger partial charge >= 0.3 is 11.9 Å². The van der Waals surface area contributed by atoms with Crippen LogP contribution in [0.4, 0.5) is 8.78 Å². The number of pyridine rings is 1. The highest BCUT2D eigenvalue weighted by Crippen LogP contribution is 2.54. The second-order valence-corrected chi connectivity index (χ2v) is 9.35. The molecular weight excluding hydrogens is 420 g/mol. The van der Waals surface area contributed by atoms with Crippen LogP contribution in [0.1, 0.15) is 60.6 Å². The molecule has 0 amide bonds. The summed E-state index contributed by atoms with van der Waals surface area (Å²) in [5, 5.41) is 9.42. The third-order valence-corrected chi connectivity index (χ3v) is 6.69. The predicted molar refractivity (Wildman–Crippen MR) is 113 cm³/mol. The maximum Gasteiger partial charge on any atom is 0.341 e. The van der Waals surface area contributed by atoms with Gasteiger partial charge in [-0.15, -0.1) is 0 Å². The molecule has 0 saturated heterocycles. The molecule has 3 aliphatic rings. The van der Waals surface area contributed by atoms with Gasteiger partial charge in [-0.1, -0.05) is 26.7 Å². The number of benzene rings is 1. The maximum absolute atomic E-state index is 15.1. The zero-order chi connectivity index (χ0) is 22.8. The minimum absolute atomic E-state index is 0.0221. The van der Waals surface area contributed by atoms with Crippen molar-refractivity contribution < 1.29 is 28.2 Å². The van der Waals surface area contributed by atoms with Gasteiger partial charge in [-0.2, -0.15) is 8.78 Å². The van der Waals surface area contributed by atoms with Gasteiger partial charge in [0.2, 0.25) is 0 Å². The Morgan fingerprint density at radius 2 is 2.09 bits per heavy atom. The third-order valence-electron chi connectivity index (χ3n) is 6.69. The molecule has 5 rings (SSSR count). The minimum Gasteiger partial charge on any atom is -0.490 e. The number of hydrogen-bond acceptors (Lipinski definition) is 4. The second kappa shape index (κ2) is 7.32. The van der Waals surface area contributed by atoms with Crippen LogP contribution >= 0.6 is 0 Å². The first-order chi connectivity index (χ1) is 15.2. The summed E-state index contributed by atoms with van der Waals surface area (Å²) >= 11 is 0. The molecule has 0 spiro atoms. The lowest BCUT2D eigenvalue weighted by Gasteiger charge is -2.35. The van der Waals surface area contributed by atoms with Gasteiger partial charge < -0.3 is 19.1 Å². The summed E-state index contributed by atoms with van der Waals surface area (Å²) in [7, 11) is 0. The van der Waals surface area contributed by atoms with Gasteiger partial charge in [0.15, 0.2) is 23.5 Å². The van der Waals surface area contributed by atoms with Crippen LogP contribution in [0.25, 0.3) is 11.3 Å². The van der Waals surface area contributed by atoms with Crippen molar-refractivity contribution in [3.63, 3.8) is 0 Å². The molecule has 3 heterocycles. The van der Waals surface area contributed by atoms with Crippen molar-refractivity contribution in [1.82, 2.24) is 4.57 Å². The number of ether oxygens (including phenoxy) is 2. The fraction of sp³-hybridized carbons (Fsp3) is 0.500. The Balaban J connectivity index is 1.71. The number of nitrogens with zero attached hydrogens (tertiary/aromatic N) is 1. The first-order valence-corrected chi connectivity index (χ1v) is 11.0. The quantitative estimate of drug-likeness (QED) is 0.702. The fourth-order valence-electron chi connectivity index (χ4n) is 4.79. The lowest BCUT2D eigenvalue weighted by Crippen LogP contribution is -2.29. The largest absolute Gasteiger partial charge is 0.490 e. The molecule has 32 heavy (non-hydrogen) atoms. The van der Waals surface area contributed by atoms with Crippen molar-refractivity contribution >= 4 is 5.97 Å². The van der Waals surface area contributed by atoms with Gasteiger partial charge in [0.25, 0.3) is 0 Å². The molecule has 0 radical (unpaired) electrons. The van der Waals surface area contributed by atoms with E-state index in [1.54, 1.807) is 10.6 Å². The molecule has 1 aromatic heterocycles. The van der Waals surface area contributed by atoms with E-state index in [2.05, 4.69) is 0 Å². The minimum atomic E-state index is -3.24. The monoisotopic (exact) mass is 445 g/mol. The van der Waals surface area contributed by atoms with Crippen LogP contribution < -0.4 is 14.9 Å². The summed E-state index contributed by atoms with van der Waals surface area (Å²) < 4.78 is 43.1. The zero-order valence-corrected chi connectivity index (χ0v) is 18.0. The number of halogens is 2. The molecule has 1 saturated carbocycles. The summed E-state index contributed by atoms with van der Waals surface area (Å²) in [5.74, 6) is -3.51. The second-order valence-electron chi connectivity index (χ2n) is 9.35. The Morgan fingerprint density at radius 3 is 2.75 bits per heavy atom. The topological polar surface area (TPSA) is 77.8 Å². The number of carboxylic acid groups (broad SMARTS) is 1. The molecule has 2 aliphatic heterocycles. The van der Waals surface area contributed by atoms with Crippen molar-refractivity contribution in [2.24, 2.45) is 11.8 Å². The van der Waals surface area contributed by atoms with Crippen LogP contribution in [0.15, 0.2) is 23.1 Å². The molecule has 6 nitrogen and oxygen atoms in total. The molecule has 2 aromatic rings. The van der Waals surface area contributed by atoms with Crippen molar-refractivity contribution in [2.75, 3.05) is 13.2 Å². The summed E-state index contributed by atoms with van der Waals surface area (Å²) in [6.45, 7) is 3.62. The summed E-state index contributed by atoms with van der Waals surface area (Å²) in [5.41, 5.74) is -0.136. The van der Waals surface area contributed by atoms with Crippen LogP contribution in [0, 0.1) is 11.8 Å². The number of carboxylic acids is 1. The Bertz CT molecular complexity index is 1170. The van der Waals surface area contributed by atoms with Gasteiger partial charge in [0.05, 0.1) is 17.9 Å². The van der Waals surface area contributed by atoms with E-state index in [1.807, 2.05) is 13.8 Å². The number of rotatable bonds is 6. The Hall–Kier alpha value is -2.90. The average molecular weight is 445 g/mol. The Labute approximate surface area is 183 Å². The standard InChI is InChI=1S/C24H25F2NO5/c1-12(2)16-7-14-8-19(31-6-5-13-3-4-13)22-21(24(25,26)11-32-22)20(14)17-9-18(28)15(23(29)30)10-27(16)17/h8-10,12-13,16H,3-7,11H2,1-2H3,(H,29,30). The van der Waals surface area contributed by atoms with E-state index in [0.29, 0.717) is 36.0 Å². The lowest BCUT2D eigenvalue weighted by atomic mass is 9.83. The number of aromatic nitrogens is 1. The molecule has 0 bridgehead atoms. The van der Waals surface area contributed by atoms with Crippen LogP contribution in [0.3, 0.4) is 0 Å². The molecule has 8 heteroatoms. The van der Waals surface area contributed by atoms with E-state index in [0.717, 1.165) is 6.42 Å². The molecule has 1 aliphatic carbocycles. The lowest BCUT2D eigenvalue weighted by molar-refractivity contribution is -0.0212. The van der Waals surface area contributed by atoms with Gasteiger partial charge in [0.1, 0.15) is 5.56 Å². The highest BCUT2D eigenvalue weighted by molar-refractivity contribution is 5.88. The summed E-state index contributed by atoms with van der Waals surface area (Å²) in [4.78, 5) is 24.1. The highest BCUT2D eigenvalue weighted by Gasteiger charge is 2.48. The van der Waals surface area contributed by atoms with E-state index in [-0.39, 0.29) is 34.4 Å². The smallest absolute Gasteiger partial charge is 0.341 e. The van der Waals surface area contributed by atoms with Gasteiger partial charge in [-0.05, 0) is 36.3 Å². The van der Waals surface area contributed by atoms with Gasteiger partial charge in [0, 0.05) is 23.9 Å².